The summed E-state index contributed by atoms with van der Waals surface area (Å²) in [6, 6.07) is 3.58. The van der Waals surface area contributed by atoms with Crippen molar-refractivity contribution in [3.05, 3.63) is 24.5 Å². The number of ether oxygens (including phenoxy) is 1. The molecule has 1 aliphatic rings. The third-order valence-corrected chi connectivity index (χ3v) is 3.55. The van der Waals surface area contributed by atoms with Gasteiger partial charge in [-0.05, 0) is 18.6 Å². The molecule has 1 fully saturated rings. The van der Waals surface area contributed by atoms with Crippen LogP contribution in [0.5, 0.6) is 0 Å². The van der Waals surface area contributed by atoms with Gasteiger partial charge in [0.2, 0.25) is 5.91 Å². The first-order valence-electron chi connectivity index (χ1n) is 7.37. The van der Waals surface area contributed by atoms with Gasteiger partial charge in [-0.3, -0.25) is 14.8 Å². The maximum Gasteiger partial charge on any atom is 0.243 e. The first-order chi connectivity index (χ1) is 10.7. The van der Waals surface area contributed by atoms with Crippen molar-refractivity contribution < 1.29 is 9.53 Å². The standard InChI is InChI=1S/C15H23N5O2/c1-16-15(20-7-5-12(10-20)11-22-2)18-9-14(21)19-13-4-3-6-17-8-13/h3-4,6,8,12H,5,7,9-11H2,1-2H3,(H,16,18)(H,19,21). The molecule has 0 spiro atoms. The van der Waals surface area contributed by atoms with E-state index in [0.29, 0.717) is 11.6 Å². The fraction of sp³-hybridized carbons (Fsp3) is 0.533. The molecular weight excluding hydrogens is 282 g/mol. The van der Waals surface area contributed by atoms with Crippen molar-refractivity contribution in [1.29, 1.82) is 0 Å². The predicted molar refractivity (Wildman–Crippen MR) is 85.8 cm³/mol. The lowest BCUT2D eigenvalue weighted by Crippen LogP contribution is -2.43. The van der Waals surface area contributed by atoms with E-state index in [2.05, 4.69) is 25.5 Å². The van der Waals surface area contributed by atoms with Crippen molar-refractivity contribution >= 4 is 17.6 Å². The smallest absolute Gasteiger partial charge is 0.243 e. The molecule has 120 valence electrons. The summed E-state index contributed by atoms with van der Waals surface area (Å²) in [6.07, 6.45) is 4.36. The minimum atomic E-state index is -0.123. The Balaban J connectivity index is 1.78. The van der Waals surface area contributed by atoms with Crippen LogP contribution in [0.4, 0.5) is 5.69 Å². The Bertz CT molecular complexity index is 506. The Morgan fingerprint density at radius 2 is 2.45 bits per heavy atom. The first-order valence-corrected chi connectivity index (χ1v) is 7.37. The monoisotopic (exact) mass is 305 g/mol. The van der Waals surface area contributed by atoms with E-state index in [1.165, 1.54) is 0 Å². The third-order valence-electron chi connectivity index (χ3n) is 3.55. The molecule has 1 aromatic rings. The zero-order chi connectivity index (χ0) is 15.8. The summed E-state index contributed by atoms with van der Waals surface area (Å²) in [6.45, 7) is 2.76. The van der Waals surface area contributed by atoms with Crippen LogP contribution in [0.3, 0.4) is 0 Å². The number of rotatable bonds is 5. The highest BCUT2D eigenvalue weighted by Gasteiger charge is 2.24. The van der Waals surface area contributed by atoms with Crippen LogP contribution in [0.2, 0.25) is 0 Å². The summed E-state index contributed by atoms with van der Waals surface area (Å²) in [5, 5.41) is 5.88. The van der Waals surface area contributed by atoms with Gasteiger partial charge >= 0.3 is 0 Å². The van der Waals surface area contributed by atoms with Gasteiger partial charge in [-0.25, -0.2) is 0 Å². The van der Waals surface area contributed by atoms with E-state index in [1.807, 2.05) is 0 Å². The van der Waals surface area contributed by atoms with Crippen LogP contribution >= 0.6 is 0 Å². The Morgan fingerprint density at radius 3 is 3.14 bits per heavy atom. The van der Waals surface area contributed by atoms with Crippen LogP contribution in [0, 0.1) is 5.92 Å². The van der Waals surface area contributed by atoms with Crippen molar-refractivity contribution in [2.45, 2.75) is 6.42 Å². The lowest BCUT2D eigenvalue weighted by Gasteiger charge is -2.21. The van der Waals surface area contributed by atoms with Crippen LogP contribution in [-0.4, -0.2) is 62.1 Å². The summed E-state index contributed by atoms with van der Waals surface area (Å²) >= 11 is 0. The van der Waals surface area contributed by atoms with Crippen LogP contribution in [0.25, 0.3) is 0 Å². The summed E-state index contributed by atoms with van der Waals surface area (Å²) in [5.41, 5.74) is 0.686. The minimum absolute atomic E-state index is 0.123. The van der Waals surface area contributed by atoms with E-state index in [9.17, 15) is 4.79 Å². The van der Waals surface area contributed by atoms with E-state index in [4.69, 9.17) is 4.74 Å². The van der Waals surface area contributed by atoms with Crippen LogP contribution < -0.4 is 10.6 Å². The summed E-state index contributed by atoms with van der Waals surface area (Å²) in [7, 11) is 3.45. The van der Waals surface area contributed by atoms with Crippen LogP contribution in [-0.2, 0) is 9.53 Å². The Hall–Kier alpha value is -2.15. The first kappa shape index (κ1) is 16.2. The number of aromatic nitrogens is 1. The second kappa shape index (κ2) is 8.33. The fourth-order valence-corrected chi connectivity index (χ4v) is 2.53. The predicted octanol–water partition coefficient (Wildman–Crippen LogP) is 0.564. The number of guanidine groups is 1. The molecular formula is C15H23N5O2. The van der Waals surface area contributed by atoms with Crippen molar-refractivity contribution in [3.8, 4) is 0 Å². The van der Waals surface area contributed by atoms with Gasteiger partial charge in [0.1, 0.15) is 0 Å². The number of carbonyl (C=O) groups excluding carboxylic acids is 1. The van der Waals surface area contributed by atoms with Gasteiger partial charge in [-0.15, -0.1) is 0 Å². The number of nitrogens with zero attached hydrogens (tertiary/aromatic N) is 3. The van der Waals surface area contributed by atoms with E-state index in [0.717, 1.165) is 32.1 Å². The van der Waals surface area contributed by atoms with E-state index in [1.54, 1.807) is 38.7 Å². The van der Waals surface area contributed by atoms with Crippen molar-refractivity contribution in [3.63, 3.8) is 0 Å². The Labute approximate surface area is 130 Å². The highest BCUT2D eigenvalue weighted by Crippen LogP contribution is 2.16. The fourth-order valence-electron chi connectivity index (χ4n) is 2.53. The van der Waals surface area contributed by atoms with E-state index >= 15 is 0 Å². The number of hydrogen-bond donors (Lipinski definition) is 2. The molecule has 0 saturated carbocycles. The third kappa shape index (κ3) is 4.70. The molecule has 1 amide bonds. The number of nitrogens with one attached hydrogen (secondary N) is 2. The Kier molecular flexibility index (Phi) is 6.14. The largest absolute Gasteiger partial charge is 0.384 e. The highest BCUT2D eigenvalue weighted by atomic mass is 16.5. The molecule has 2 heterocycles. The van der Waals surface area contributed by atoms with Crippen molar-refractivity contribution in [2.24, 2.45) is 10.9 Å². The normalized spacial score (nSPS) is 18.4. The molecule has 1 aromatic heterocycles. The van der Waals surface area contributed by atoms with Gasteiger partial charge in [-0.2, -0.15) is 0 Å². The number of amides is 1. The topological polar surface area (TPSA) is 78.8 Å². The second-order valence-corrected chi connectivity index (χ2v) is 5.25. The minimum Gasteiger partial charge on any atom is -0.384 e. The number of aliphatic imine (C=N–C) groups is 1. The van der Waals surface area contributed by atoms with Crippen molar-refractivity contribution in [1.82, 2.24) is 15.2 Å². The molecule has 0 aromatic carbocycles. The SMILES string of the molecule is CN=C(NCC(=O)Nc1cccnc1)N1CCC(COC)C1. The lowest BCUT2D eigenvalue weighted by atomic mass is 10.1. The van der Waals surface area contributed by atoms with Gasteiger partial charge in [0.05, 0.1) is 25.0 Å². The van der Waals surface area contributed by atoms with Crippen molar-refractivity contribution in [2.75, 3.05) is 45.7 Å². The van der Waals surface area contributed by atoms with E-state index in [-0.39, 0.29) is 12.5 Å². The zero-order valence-electron chi connectivity index (χ0n) is 13.1. The molecule has 0 aliphatic carbocycles. The molecule has 1 unspecified atom stereocenters. The number of methoxy groups -OCH3 is 1. The van der Waals surface area contributed by atoms with Gasteiger partial charge in [0.25, 0.3) is 0 Å². The van der Waals surface area contributed by atoms with Gasteiger partial charge < -0.3 is 20.3 Å². The average Bonchev–Trinajstić information content (AvgIpc) is 2.98. The quantitative estimate of drug-likeness (QED) is 0.614. The molecule has 1 saturated heterocycles. The Morgan fingerprint density at radius 1 is 1.59 bits per heavy atom. The molecule has 1 atom stereocenters. The highest BCUT2D eigenvalue weighted by molar-refractivity contribution is 5.94. The average molecular weight is 305 g/mol. The van der Waals surface area contributed by atoms with E-state index < -0.39 is 0 Å². The molecule has 7 heteroatoms. The second-order valence-electron chi connectivity index (χ2n) is 5.25. The van der Waals surface area contributed by atoms with Crippen LogP contribution in [0.1, 0.15) is 6.42 Å². The van der Waals surface area contributed by atoms with Gasteiger partial charge in [0.15, 0.2) is 5.96 Å². The number of anilines is 1. The maximum absolute atomic E-state index is 11.9. The molecule has 2 N–H and O–H groups in total. The number of hydrogen-bond acceptors (Lipinski definition) is 4. The summed E-state index contributed by atoms with van der Waals surface area (Å²) < 4.78 is 5.20. The molecule has 7 nitrogen and oxygen atoms in total. The maximum atomic E-state index is 11.9. The molecule has 22 heavy (non-hydrogen) atoms. The lowest BCUT2D eigenvalue weighted by molar-refractivity contribution is -0.115. The zero-order valence-corrected chi connectivity index (χ0v) is 13.1. The molecule has 2 rings (SSSR count). The molecule has 1 aliphatic heterocycles. The number of carbonyl (C=O) groups is 1. The van der Waals surface area contributed by atoms with Gasteiger partial charge in [0, 0.05) is 39.4 Å². The number of pyridine rings is 1. The van der Waals surface area contributed by atoms with Gasteiger partial charge in [-0.1, -0.05) is 0 Å². The summed E-state index contributed by atoms with van der Waals surface area (Å²) in [5.74, 6) is 1.15. The molecule has 0 bridgehead atoms. The van der Waals surface area contributed by atoms with Crippen LogP contribution in [0.15, 0.2) is 29.5 Å². The number of likely N-dealkylation sites (tertiary alicyclic amines) is 1. The molecule has 0 radical (unpaired) electrons. The summed E-state index contributed by atoms with van der Waals surface area (Å²) in [4.78, 5) is 22.3.